The van der Waals surface area contributed by atoms with Crippen LogP contribution in [0, 0.1) is 5.82 Å². The first-order chi connectivity index (χ1) is 12.9. The van der Waals surface area contributed by atoms with Gasteiger partial charge in [0.1, 0.15) is 17.3 Å². The molecule has 0 aliphatic carbocycles. The van der Waals surface area contributed by atoms with Crippen molar-refractivity contribution in [3.8, 4) is 22.5 Å². The second-order valence-corrected chi connectivity index (χ2v) is 7.56. The van der Waals surface area contributed by atoms with Crippen LogP contribution in [0.3, 0.4) is 0 Å². The maximum Gasteiger partial charge on any atom is 0.157 e. The van der Waals surface area contributed by atoms with Crippen molar-refractivity contribution < 1.29 is 4.39 Å². The predicted molar refractivity (Wildman–Crippen MR) is 107 cm³/mol. The Morgan fingerprint density at radius 3 is 2.30 bits per heavy atom. The van der Waals surface area contributed by atoms with Gasteiger partial charge in [-0.15, -0.1) is 0 Å². The Morgan fingerprint density at radius 1 is 0.926 bits per heavy atom. The zero-order valence-electron chi connectivity index (χ0n) is 15.6. The second-order valence-electron chi connectivity index (χ2n) is 7.56. The number of anilines is 1. The smallest absolute Gasteiger partial charge is 0.157 e. The Bertz CT molecular complexity index is 1080. The van der Waals surface area contributed by atoms with Gasteiger partial charge in [0.25, 0.3) is 0 Å². The molecule has 5 heteroatoms. The van der Waals surface area contributed by atoms with Crippen LogP contribution in [0.4, 0.5) is 10.2 Å². The molecule has 2 aromatic heterocycles. The summed E-state index contributed by atoms with van der Waals surface area (Å²) in [7, 11) is 0. The zero-order valence-corrected chi connectivity index (χ0v) is 15.6. The van der Waals surface area contributed by atoms with Crippen molar-refractivity contribution >= 4 is 11.5 Å². The monoisotopic (exact) mass is 360 g/mol. The molecule has 4 rings (SSSR count). The molecule has 0 bridgehead atoms. The first-order valence-corrected chi connectivity index (χ1v) is 8.88. The first-order valence-electron chi connectivity index (χ1n) is 8.88. The molecule has 4 aromatic rings. The Labute approximate surface area is 157 Å². The van der Waals surface area contributed by atoms with E-state index in [1.54, 1.807) is 18.3 Å². The summed E-state index contributed by atoms with van der Waals surface area (Å²) in [6, 6.07) is 16.4. The van der Waals surface area contributed by atoms with Crippen LogP contribution in [0.15, 0.2) is 67.0 Å². The van der Waals surface area contributed by atoms with Crippen LogP contribution in [0.25, 0.3) is 28.2 Å². The van der Waals surface area contributed by atoms with Gasteiger partial charge in [-0.1, -0.05) is 30.3 Å². The highest BCUT2D eigenvalue weighted by atomic mass is 19.1. The van der Waals surface area contributed by atoms with Gasteiger partial charge in [-0.25, -0.2) is 9.37 Å². The number of fused-ring (bicyclic) bond motifs is 1. The lowest BCUT2D eigenvalue weighted by Gasteiger charge is -2.22. The van der Waals surface area contributed by atoms with Crippen LogP contribution in [0.5, 0.6) is 0 Å². The summed E-state index contributed by atoms with van der Waals surface area (Å²) in [4.78, 5) is 9.31. The van der Waals surface area contributed by atoms with E-state index >= 15 is 0 Å². The topological polar surface area (TPSA) is 42.2 Å². The van der Waals surface area contributed by atoms with E-state index < -0.39 is 0 Å². The summed E-state index contributed by atoms with van der Waals surface area (Å²) in [5, 5.41) is 3.57. The van der Waals surface area contributed by atoms with E-state index in [-0.39, 0.29) is 11.4 Å². The van der Waals surface area contributed by atoms with Crippen LogP contribution in [0.1, 0.15) is 20.8 Å². The summed E-state index contributed by atoms with van der Waals surface area (Å²) in [5.41, 5.74) is 4.15. The Balaban J connectivity index is 1.91. The van der Waals surface area contributed by atoms with Crippen LogP contribution in [-0.2, 0) is 0 Å². The van der Waals surface area contributed by atoms with E-state index in [2.05, 4.69) is 31.1 Å². The summed E-state index contributed by atoms with van der Waals surface area (Å²) in [5.74, 6) is 0.651. The minimum atomic E-state index is -0.260. The summed E-state index contributed by atoms with van der Waals surface area (Å²) >= 11 is 0. The third kappa shape index (κ3) is 3.53. The van der Waals surface area contributed by atoms with Crippen molar-refractivity contribution in [1.29, 1.82) is 0 Å². The fourth-order valence-corrected chi connectivity index (χ4v) is 3.00. The lowest BCUT2D eigenvalue weighted by atomic mass is 10.1. The van der Waals surface area contributed by atoms with Gasteiger partial charge < -0.3 is 5.32 Å². The van der Waals surface area contributed by atoms with Gasteiger partial charge in [0.2, 0.25) is 0 Å². The molecule has 1 N–H and O–H groups in total. The molecule has 4 nitrogen and oxygen atoms in total. The highest BCUT2D eigenvalue weighted by molar-refractivity contribution is 5.77. The van der Waals surface area contributed by atoms with Crippen molar-refractivity contribution in [2.45, 2.75) is 26.3 Å². The molecule has 0 unspecified atom stereocenters. The number of nitrogens with zero attached hydrogens (tertiary/aromatic N) is 3. The SMILES string of the molecule is CC(C)(C)Nc1c(-c2ccccc2)nc2cnc(-c3ccc(F)cc3)cn12. The van der Waals surface area contributed by atoms with E-state index in [0.717, 1.165) is 34.0 Å². The summed E-state index contributed by atoms with van der Waals surface area (Å²) in [6.07, 6.45) is 3.69. The fourth-order valence-electron chi connectivity index (χ4n) is 3.00. The largest absolute Gasteiger partial charge is 0.365 e. The standard InChI is InChI=1S/C22H21FN4/c1-22(2,3)26-21-20(16-7-5-4-6-8-16)25-19-13-24-18(14-27(19)21)15-9-11-17(23)12-10-15/h4-14,26H,1-3H3. The zero-order chi connectivity index (χ0) is 19.0. The third-order valence-electron chi connectivity index (χ3n) is 4.19. The molecule has 0 aliphatic heterocycles. The Morgan fingerprint density at radius 2 is 1.63 bits per heavy atom. The van der Waals surface area contributed by atoms with Crippen molar-refractivity contribution in [2.75, 3.05) is 5.32 Å². The number of hydrogen-bond donors (Lipinski definition) is 1. The van der Waals surface area contributed by atoms with Gasteiger partial charge in [-0.05, 0) is 45.0 Å². The molecule has 27 heavy (non-hydrogen) atoms. The average Bonchev–Trinajstić information content (AvgIpc) is 2.99. The van der Waals surface area contributed by atoms with Gasteiger partial charge in [-0.3, -0.25) is 9.38 Å². The minimum absolute atomic E-state index is 0.140. The number of halogens is 1. The maximum absolute atomic E-state index is 13.3. The quantitative estimate of drug-likeness (QED) is 0.531. The van der Waals surface area contributed by atoms with Gasteiger partial charge in [0.15, 0.2) is 5.65 Å². The highest BCUT2D eigenvalue weighted by Crippen LogP contribution is 2.31. The van der Waals surface area contributed by atoms with E-state index in [0.29, 0.717) is 0 Å². The number of benzene rings is 2. The minimum Gasteiger partial charge on any atom is -0.365 e. The molecule has 2 aromatic carbocycles. The molecule has 0 aliphatic rings. The van der Waals surface area contributed by atoms with E-state index in [1.807, 2.05) is 40.9 Å². The number of hydrogen-bond acceptors (Lipinski definition) is 3. The first kappa shape index (κ1) is 17.2. The van der Waals surface area contributed by atoms with Crippen molar-refractivity contribution in [3.63, 3.8) is 0 Å². The second kappa shape index (κ2) is 6.50. The van der Waals surface area contributed by atoms with Gasteiger partial charge in [-0.2, -0.15) is 0 Å². The summed E-state index contributed by atoms with van der Waals surface area (Å²) < 4.78 is 15.3. The van der Waals surface area contributed by atoms with Gasteiger partial charge in [0, 0.05) is 22.9 Å². The number of rotatable bonds is 3. The predicted octanol–water partition coefficient (Wildman–Crippen LogP) is 5.41. The third-order valence-corrected chi connectivity index (χ3v) is 4.19. The van der Waals surface area contributed by atoms with Crippen LogP contribution < -0.4 is 5.32 Å². The van der Waals surface area contributed by atoms with Crippen LogP contribution in [0.2, 0.25) is 0 Å². The molecule has 0 atom stereocenters. The molecular weight excluding hydrogens is 339 g/mol. The van der Waals surface area contributed by atoms with Gasteiger partial charge >= 0.3 is 0 Å². The van der Waals surface area contributed by atoms with E-state index in [4.69, 9.17) is 4.98 Å². The van der Waals surface area contributed by atoms with Crippen LogP contribution >= 0.6 is 0 Å². The van der Waals surface area contributed by atoms with Crippen LogP contribution in [-0.4, -0.2) is 19.9 Å². The molecule has 0 amide bonds. The lowest BCUT2D eigenvalue weighted by Crippen LogP contribution is -2.27. The lowest BCUT2D eigenvalue weighted by molar-refractivity contribution is 0.627. The number of imidazole rings is 1. The van der Waals surface area contributed by atoms with Gasteiger partial charge in [0.05, 0.1) is 11.9 Å². The number of nitrogens with one attached hydrogen (secondary N) is 1. The molecule has 0 spiro atoms. The maximum atomic E-state index is 13.3. The molecular formula is C22H21FN4. The Kier molecular flexibility index (Phi) is 4.15. The highest BCUT2D eigenvalue weighted by Gasteiger charge is 2.19. The van der Waals surface area contributed by atoms with E-state index in [9.17, 15) is 4.39 Å². The van der Waals surface area contributed by atoms with Crippen molar-refractivity contribution in [3.05, 3.63) is 72.8 Å². The molecule has 0 radical (unpaired) electrons. The Hall–Kier alpha value is -3.21. The average molecular weight is 360 g/mol. The van der Waals surface area contributed by atoms with E-state index in [1.165, 1.54) is 12.1 Å². The molecule has 0 saturated carbocycles. The normalized spacial score (nSPS) is 11.7. The molecule has 0 fully saturated rings. The van der Waals surface area contributed by atoms with Crippen molar-refractivity contribution in [1.82, 2.24) is 14.4 Å². The number of aromatic nitrogens is 3. The molecule has 0 saturated heterocycles. The molecule has 2 heterocycles. The van der Waals surface area contributed by atoms with Crippen molar-refractivity contribution in [2.24, 2.45) is 0 Å². The fraction of sp³-hybridized carbons (Fsp3) is 0.182. The molecule has 136 valence electrons. The summed E-state index contributed by atoms with van der Waals surface area (Å²) in [6.45, 7) is 6.34.